The number of methoxy groups -OCH3 is 1. The largest absolute Gasteiger partial charge is 0.381 e. The highest BCUT2D eigenvalue weighted by Crippen LogP contribution is 2.22. The van der Waals surface area contributed by atoms with Crippen LogP contribution in [0.3, 0.4) is 0 Å². The third-order valence-corrected chi connectivity index (χ3v) is 5.25. The van der Waals surface area contributed by atoms with E-state index in [1.54, 1.807) is 0 Å². The van der Waals surface area contributed by atoms with Crippen LogP contribution in [-0.2, 0) is 19.5 Å². The molecule has 2 heterocycles. The predicted octanol–water partition coefficient (Wildman–Crippen LogP) is 0.808. The van der Waals surface area contributed by atoms with Gasteiger partial charge in [-0.3, -0.25) is 4.72 Å². The molecule has 0 saturated carbocycles. The molecule has 110 valence electrons. The Balaban J connectivity index is 2.00. The fraction of sp³-hybridized carbons (Fsp3) is 0.636. The summed E-state index contributed by atoms with van der Waals surface area (Å²) in [5.74, 6) is -0.0681. The molecule has 0 spiro atoms. The Labute approximate surface area is 121 Å². The van der Waals surface area contributed by atoms with Crippen LogP contribution in [0.15, 0.2) is 6.20 Å². The van der Waals surface area contributed by atoms with Gasteiger partial charge in [-0.15, -0.1) is 0 Å². The molecule has 7 nitrogen and oxygen atoms in total. The van der Waals surface area contributed by atoms with Crippen LogP contribution in [0.2, 0.25) is 0 Å². The second-order valence-corrected chi connectivity index (χ2v) is 7.22. The highest BCUT2D eigenvalue weighted by Gasteiger charge is 2.30. The number of nitriles is 1. The number of nitrogens with zero attached hydrogens (tertiary/aromatic N) is 2. The maximum Gasteiger partial charge on any atom is 0.237 e. The van der Waals surface area contributed by atoms with E-state index >= 15 is 0 Å². The number of aromatic nitrogens is 1. The minimum absolute atomic E-state index is 0.0857. The van der Waals surface area contributed by atoms with Gasteiger partial charge in [-0.05, 0) is 6.42 Å². The van der Waals surface area contributed by atoms with Crippen LogP contribution in [0.4, 0.5) is 5.13 Å². The Bertz CT molecular complexity index is 587. The molecule has 0 aliphatic carbocycles. The molecule has 1 aromatic rings. The van der Waals surface area contributed by atoms with E-state index in [4.69, 9.17) is 14.7 Å². The normalized spacial score (nSPS) is 20.5. The number of rotatable bonds is 6. The lowest BCUT2D eigenvalue weighted by Gasteiger charge is -2.20. The van der Waals surface area contributed by atoms with Gasteiger partial charge in [0, 0.05) is 19.6 Å². The molecule has 0 bridgehead atoms. The molecule has 1 N–H and O–H groups in total. The Morgan fingerprint density at radius 2 is 2.55 bits per heavy atom. The van der Waals surface area contributed by atoms with Crippen LogP contribution >= 0.6 is 11.3 Å². The first-order valence-corrected chi connectivity index (χ1v) is 8.48. The van der Waals surface area contributed by atoms with Gasteiger partial charge >= 0.3 is 0 Å². The standard InChI is InChI=1S/C11H15N3O4S2/c1-17-10(8-2-3-18-6-8)7-20(15,16)14-11-13-5-9(4-12)19-11/h5,8,10H,2-3,6-7H2,1H3,(H,13,14). The Hall–Kier alpha value is -1.21. The van der Waals surface area contributed by atoms with E-state index in [9.17, 15) is 8.42 Å². The summed E-state index contributed by atoms with van der Waals surface area (Å²) < 4.78 is 37.0. The molecule has 0 aromatic carbocycles. The molecule has 2 atom stereocenters. The van der Waals surface area contributed by atoms with Crippen LogP contribution in [0.1, 0.15) is 11.3 Å². The zero-order chi connectivity index (χ0) is 14.6. The van der Waals surface area contributed by atoms with Crippen molar-refractivity contribution in [3.63, 3.8) is 0 Å². The van der Waals surface area contributed by atoms with Crippen LogP contribution in [-0.4, -0.2) is 45.6 Å². The monoisotopic (exact) mass is 317 g/mol. The summed E-state index contributed by atoms with van der Waals surface area (Å²) in [6, 6.07) is 1.91. The molecular formula is C11H15N3O4S2. The predicted molar refractivity (Wildman–Crippen MR) is 74.0 cm³/mol. The van der Waals surface area contributed by atoms with Gasteiger partial charge in [-0.25, -0.2) is 13.4 Å². The molecule has 1 aliphatic rings. The number of sulfonamides is 1. The minimum Gasteiger partial charge on any atom is -0.381 e. The van der Waals surface area contributed by atoms with E-state index in [1.165, 1.54) is 13.3 Å². The van der Waals surface area contributed by atoms with Crippen molar-refractivity contribution < 1.29 is 17.9 Å². The van der Waals surface area contributed by atoms with E-state index < -0.39 is 16.1 Å². The highest BCUT2D eigenvalue weighted by molar-refractivity contribution is 7.92. The third kappa shape index (κ3) is 3.89. The zero-order valence-corrected chi connectivity index (χ0v) is 12.5. The van der Waals surface area contributed by atoms with Gasteiger partial charge in [0.15, 0.2) is 5.13 Å². The second-order valence-electron chi connectivity index (χ2n) is 4.42. The average molecular weight is 317 g/mol. The lowest BCUT2D eigenvalue weighted by Crippen LogP contribution is -2.33. The van der Waals surface area contributed by atoms with Gasteiger partial charge < -0.3 is 9.47 Å². The number of thiazole rings is 1. The van der Waals surface area contributed by atoms with Crippen molar-refractivity contribution in [2.75, 3.05) is 30.8 Å². The fourth-order valence-electron chi connectivity index (χ4n) is 2.01. The summed E-state index contributed by atoms with van der Waals surface area (Å²) in [6.45, 7) is 1.15. The van der Waals surface area contributed by atoms with Crippen LogP contribution in [0.5, 0.6) is 0 Å². The topological polar surface area (TPSA) is 101 Å². The Kier molecular flexibility index (Phi) is 4.93. The van der Waals surface area contributed by atoms with Crippen molar-refractivity contribution >= 4 is 26.5 Å². The summed E-state index contributed by atoms with van der Waals surface area (Å²) in [5.41, 5.74) is 0. The quantitative estimate of drug-likeness (QED) is 0.833. The van der Waals surface area contributed by atoms with Crippen LogP contribution < -0.4 is 4.72 Å². The van der Waals surface area contributed by atoms with Crippen molar-refractivity contribution in [1.82, 2.24) is 4.98 Å². The maximum atomic E-state index is 12.1. The van der Waals surface area contributed by atoms with Crippen molar-refractivity contribution in [3.8, 4) is 6.07 Å². The van der Waals surface area contributed by atoms with Crippen LogP contribution in [0, 0.1) is 17.2 Å². The SMILES string of the molecule is COC(CS(=O)(=O)Nc1ncc(C#N)s1)C1CCOC1. The lowest BCUT2D eigenvalue weighted by atomic mass is 10.0. The first-order chi connectivity index (χ1) is 9.54. The molecule has 0 radical (unpaired) electrons. The Morgan fingerprint density at radius 3 is 3.10 bits per heavy atom. The smallest absolute Gasteiger partial charge is 0.237 e. The molecule has 20 heavy (non-hydrogen) atoms. The molecule has 1 fully saturated rings. The fourth-order valence-corrected chi connectivity index (χ4v) is 4.26. The molecule has 9 heteroatoms. The van der Waals surface area contributed by atoms with Gasteiger partial charge in [-0.2, -0.15) is 5.26 Å². The van der Waals surface area contributed by atoms with Crippen molar-refractivity contribution in [2.45, 2.75) is 12.5 Å². The van der Waals surface area contributed by atoms with E-state index in [-0.39, 0.29) is 16.8 Å². The first kappa shape index (κ1) is 15.2. The number of hydrogen-bond acceptors (Lipinski definition) is 7. The number of anilines is 1. The third-order valence-electron chi connectivity index (χ3n) is 3.04. The molecule has 2 rings (SSSR count). The van der Waals surface area contributed by atoms with Gasteiger partial charge in [0.05, 0.1) is 24.7 Å². The zero-order valence-electron chi connectivity index (χ0n) is 10.9. The number of ether oxygens (including phenoxy) is 2. The van der Waals surface area contributed by atoms with Crippen LogP contribution in [0.25, 0.3) is 0 Å². The molecule has 2 unspecified atom stereocenters. The number of hydrogen-bond donors (Lipinski definition) is 1. The van der Waals surface area contributed by atoms with Crippen molar-refractivity contribution in [3.05, 3.63) is 11.1 Å². The first-order valence-electron chi connectivity index (χ1n) is 6.01. The summed E-state index contributed by atoms with van der Waals surface area (Å²) in [5, 5.41) is 8.88. The summed E-state index contributed by atoms with van der Waals surface area (Å²) >= 11 is 0.999. The molecule has 1 aromatic heterocycles. The molecule has 1 saturated heterocycles. The van der Waals surface area contributed by atoms with E-state index in [2.05, 4.69) is 9.71 Å². The van der Waals surface area contributed by atoms with Gasteiger partial charge in [-0.1, -0.05) is 11.3 Å². The summed E-state index contributed by atoms with van der Waals surface area (Å²) in [7, 11) is -2.07. The second kappa shape index (κ2) is 6.49. The van der Waals surface area contributed by atoms with Crippen molar-refractivity contribution in [2.24, 2.45) is 5.92 Å². The van der Waals surface area contributed by atoms with Gasteiger partial charge in [0.1, 0.15) is 10.9 Å². The molecular weight excluding hydrogens is 302 g/mol. The highest BCUT2D eigenvalue weighted by atomic mass is 32.2. The summed E-state index contributed by atoms with van der Waals surface area (Å²) in [6.07, 6.45) is 1.72. The molecule has 1 aliphatic heterocycles. The van der Waals surface area contributed by atoms with Gasteiger partial charge in [0.2, 0.25) is 10.0 Å². The maximum absolute atomic E-state index is 12.1. The average Bonchev–Trinajstić information content (AvgIpc) is 3.06. The van der Waals surface area contributed by atoms with Crippen molar-refractivity contribution in [1.29, 1.82) is 5.26 Å². The molecule has 0 amide bonds. The Morgan fingerprint density at radius 1 is 1.75 bits per heavy atom. The van der Waals surface area contributed by atoms with E-state index in [1.807, 2.05) is 6.07 Å². The van der Waals surface area contributed by atoms with Gasteiger partial charge in [0.25, 0.3) is 0 Å². The lowest BCUT2D eigenvalue weighted by molar-refractivity contribution is 0.0612. The summed E-state index contributed by atoms with van der Waals surface area (Å²) in [4.78, 5) is 4.20. The minimum atomic E-state index is -3.57. The van der Waals surface area contributed by atoms with E-state index in [0.717, 1.165) is 17.8 Å². The number of nitrogens with one attached hydrogen (secondary N) is 1. The van der Waals surface area contributed by atoms with E-state index in [0.29, 0.717) is 18.1 Å².